The monoisotopic (exact) mass is 285 g/mol. The van der Waals surface area contributed by atoms with E-state index < -0.39 is 0 Å². The van der Waals surface area contributed by atoms with Gasteiger partial charge in [0.2, 0.25) is 5.88 Å². The van der Waals surface area contributed by atoms with Gasteiger partial charge >= 0.3 is 6.09 Å². The van der Waals surface area contributed by atoms with E-state index in [-0.39, 0.29) is 24.1 Å². The third-order valence-electron chi connectivity index (χ3n) is 4.17. The Bertz CT molecular complexity index is 671. The Morgan fingerprint density at radius 1 is 1.29 bits per heavy atom. The van der Waals surface area contributed by atoms with Crippen LogP contribution < -0.4 is 10.1 Å². The van der Waals surface area contributed by atoms with Gasteiger partial charge in [0.15, 0.2) is 0 Å². The molecule has 2 aromatic heterocycles. The first-order valence-electron chi connectivity index (χ1n) is 7.08. The lowest BCUT2D eigenvalue weighted by atomic mass is 10.2. The molecule has 2 fully saturated rings. The quantitative estimate of drug-likeness (QED) is 0.840. The zero-order valence-electron chi connectivity index (χ0n) is 11.4. The van der Waals surface area contributed by atoms with Gasteiger partial charge in [0.1, 0.15) is 6.33 Å². The molecule has 4 heterocycles. The van der Waals surface area contributed by atoms with Crippen molar-refractivity contribution in [3.63, 3.8) is 0 Å². The Kier molecular flexibility index (Phi) is 2.92. The molecule has 7 heteroatoms. The van der Waals surface area contributed by atoms with E-state index in [4.69, 9.17) is 4.74 Å². The largest absolute Gasteiger partial charge is 0.417 e. The first kappa shape index (κ1) is 12.5. The number of carbonyl (C=O) groups excluding carboxylic acids is 1. The van der Waals surface area contributed by atoms with E-state index >= 15 is 0 Å². The Hall–Kier alpha value is -2.28. The highest BCUT2D eigenvalue weighted by Crippen LogP contribution is 2.28. The van der Waals surface area contributed by atoms with Gasteiger partial charge in [0, 0.05) is 37.6 Å². The van der Waals surface area contributed by atoms with Crippen LogP contribution in [-0.4, -0.2) is 51.1 Å². The maximum Gasteiger partial charge on any atom is 0.417 e. The van der Waals surface area contributed by atoms with E-state index in [1.807, 2.05) is 4.90 Å². The van der Waals surface area contributed by atoms with Crippen LogP contribution in [0.5, 0.6) is 5.88 Å². The standard InChI is InChI=1S/C14H15N5O2/c20-14(19-9-1-2-10(19)6-16-5-9)21-13-11-7-15-4-3-12(11)17-8-18-13/h3-4,7-10,16H,1-2,5-6H2. The fraction of sp³-hybridized carbons (Fsp3) is 0.429. The number of rotatable bonds is 1. The fourth-order valence-corrected chi connectivity index (χ4v) is 3.17. The number of nitrogens with zero attached hydrogens (tertiary/aromatic N) is 4. The van der Waals surface area contributed by atoms with Crippen molar-refractivity contribution in [1.82, 2.24) is 25.2 Å². The number of hydrogen-bond donors (Lipinski definition) is 1. The van der Waals surface area contributed by atoms with Gasteiger partial charge in [0.05, 0.1) is 10.9 Å². The molecule has 0 saturated carbocycles. The first-order valence-corrected chi connectivity index (χ1v) is 7.08. The number of ether oxygens (including phenoxy) is 1. The molecule has 2 aromatic rings. The van der Waals surface area contributed by atoms with Gasteiger partial charge in [0.25, 0.3) is 0 Å². The topological polar surface area (TPSA) is 80.2 Å². The van der Waals surface area contributed by atoms with Crippen LogP contribution in [0.4, 0.5) is 4.79 Å². The van der Waals surface area contributed by atoms with Gasteiger partial charge in [-0.25, -0.2) is 14.8 Å². The summed E-state index contributed by atoms with van der Waals surface area (Å²) >= 11 is 0. The number of nitrogens with one attached hydrogen (secondary N) is 1. The van der Waals surface area contributed by atoms with Crippen LogP contribution >= 0.6 is 0 Å². The number of hydrogen-bond acceptors (Lipinski definition) is 6. The Morgan fingerprint density at radius 2 is 2.10 bits per heavy atom. The molecule has 0 spiro atoms. The van der Waals surface area contributed by atoms with Gasteiger partial charge in [-0.1, -0.05) is 0 Å². The lowest BCUT2D eigenvalue weighted by molar-refractivity contribution is 0.114. The summed E-state index contributed by atoms with van der Waals surface area (Å²) in [7, 11) is 0. The van der Waals surface area contributed by atoms with Crippen molar-refractivity contribution in [1.29, 1.82) is 0 Å². The van der Waals surface area contributed by atoms with E-state index in [1.54, 1.807) is 18.5 Å². The van der Waals surface area contributed by atoms with E-state index in [2.05, 4.69) is 20.3 Å². The van der Waals surface area contributed by atoms with Crippen LogP contribution in [0.3, 0.4) is 0 Å². The molecule has 1 amide bonds. The zero-order chi connectivity index (χ0) is 14.2. The minimum Gasteiger partial charge on any atom is -0.390 e. The van der Waals surface area contributed by atoms with E-state index in [9.17, 15) is 4.79 Å². The second kappa shape index (κ2) is 4.92. The molecule has 0 radical (unpaired) electrons. The average Bonchev–Trinajstić information content (AvgIpc) is 2.77. The van der Waals surface area contributed by atoms with E-state index in [0.717, 1.165) is 25.9 Å². The number of carbonyl (C=O) groups is 1. The van der Waals surface area contributed by atoms with Crippen LogP contribution in [0, 0.1) is 0 Å². The lowest BCUT2D eigenvalue weighted by Crippen LogP contribution is -2.55. The Labute approximate surface area is 121 Å². The minimum atomic E-state index is -0.326. The molecule has 4 rings (SSSR count). The predicted molar refractivity (Wildman–Crippen MR) is 74.9 cm³/mol. The number of pyridine rings is 1. The normalized spacial score (nSPS) is 24.3. The van der Waals surface area contributed by atoms with Crippen molar-refractivity contribution in [2.24, 2.45) is 0 Å². The molecule has 2 aliphatic rings. The maximum absolute atomic E-state index is 12.5. The van der Waals surface area contributed by atoms with Crippen molar-refractivity contribution in [3.05, 3.63) is 24.8 Å². The molecule has 108 valence electrons. The third kappa shape index (κ3) is 2.09. The molecule has 2 aliphatic heterocycles. The molecule has 2 bridgehead atoms. The fourth-order valence-electron chi connectivity index (χ4n) is 3.17. The summed E-state index contributed by atoms with van der Waals surface area (Å²) in [5.41, 5.74) is 0.714. The molecule has 7 nitrogen and oxygen atoms in total. The minimum absolute atomic E-state index is 0.225. The van der Waals surface area contributed by atoms with Crippen molar-refractivity contribution in [3.8, 4) is 5.88 Å². The summed E-state index contributed by atoms with van der Waals surface area (Å²) in [6, 6.07) is 2.22. The summed E-state index contributed by atoms with van der Waals surface area (Å²) < 4.78 is 5.52. The second-order valence-corrected chi connectivity index (χ2v) is 5.39. The SMILES string of the molecule is O=C(Oc1ncnc2ccncc12)N1C2CCC1CNC2. The molecular formula is C14H15N5O2. The smallest absolute Gasteiger partial charge is 0.390 e. The third-order valence-corrected chi connectivity index (χ3v) is 4.17. The first-order chi connectivity index (χ1) is 10.3. The highest BCUT2D eigenvalue weighted by atomic mass is 16.6. The molecular weight excluding hydrogens is 270 g/mol. The van der Waals surface area contributed by atoms with Crippen LogP contribution in [0.15, 0.2) is 24.8 Å². The zero-order valence-corrected chi connectivity index (χ0v) is 11.4. The van der Waals surface area contributed by atoms with Crippen LogP contribution in [-0.2, 0) is 0 Å². The number of aromatic nitrogens is 3. The number of fused-ring (bicyclic) bond motifs is 3. The summed E-state index contributed by atoms with van der Waals surface area (Å²) in [5, 5.41) is 3.99. The molecule has 2 saturated heterocycles. The van der Waals surface area contributed by atoms with Crippen LogP contribution in [0.1, 0.15) is 12.8 Å². The van der Waals surface area contributed by atoms with Gasteiger partial charge in [-0.05, 0) is 18.9 Å². The molecule has 1 N–H and O–H groups in total. The summed E-state index contributed by atoms with van der Waals surface area (Å²) in [6.07, 6.45) is 6.39. The van der Waals surface area contributed by atoms with Crippen molar-refractivity contribution >= 4 is 17.0 Å². The summed E-state index contributed by atoms with van der Waals surface area (Å²) in [6.45, 7) is 1.66. The van der Waals surface area contributed by atoms with Crippen LogP contribution in [0.2, 0.25) is 0 Å². The molecule has 2 atom stereocenters. The number of piperazine rings is 1. The van der Waals surface area contributed by atoms with E-state index in [1.165, 1.54) is 6.33 Å². The highest BCUT2D eigenvalue weighted by molar-refractivity contribution is 5.84. The van der Waals surface area contributed by atoms with E-state index in [0.29, 0.717) is 10.9 Å². The predicted octanol–water partition coefficient (Wildman–Crippen LogP) is 0.960. The Balaban J connectivity index is 1.61. The van der Waals surface area contributed by atoms with Crippen molar-refractivity contribution < 1.29 is 9.53 Å². The molecule has 21 heavy (non-hydrogen) atoms. The highest BCUT2D eigenvalue weighted by Gasteiger charge is 2.40. The number of amides is 1. The van der Waals surface area contributed by atoms with Crippen molar-refractivity contribution in [2.45, 2.75) is 24.9 Å². The molecule has 0 aromatic carbocycles. The second-order valence-electron chi connectivity index (χ2n) is 5.39. The Morgan fingerprint density at radius 3 is 2.90 bits per heavy atom. The van der Waals surface area contributed by atoms with Gasteiger partial charge < -0.3 is 10.1 Å². The van der Waals surface area contributed by atoms with Gasteiger partial charge in [-0.2, -0.15) is 0 Å². The van der Waals surface area contributed by atoms with Crippen LogP contribution in [0.25, 0.3) is 10.9 Å². The molecule has 0 aliphatic carbocycles. The average molecular weight is 285 g/mol. The summed E-state index contributed by atoms with van der Waals surface area (Å²) in [5.74, 6) is 0.274. The lowest BCUT2D eigenvalue weighted by Gasteiger charge is -2.34. The van der Waals surface area contributed by atoms with Gasteiger partial charge in [-0.3, -0.25) is 9.88 Å². The maximum atomic E-state index is 12.5. The van der Waals surface area contributed by atoms with Gasteiger partial charge in [-0.15, -0.1) is 0 Å². The summed E-state index contributed by atoms with van der Waals surface area (Å²) in [4.78, 5) is 26.6. The molecule has 2 unspecified atom stereocenters. The van der Waals surface area contributed by atoms with Crippen molar-refractivity contribution in [2.75, 3.05) is 13.1 Å².